The Kier molecular flexibility index (Phi) is 4.20. The van der Waals surface area contributed by atoms with E-state index in [1.807, 2.05) is 19.1 Å². The number of methoxy groups -OCH3 is 1. The molecule has 0 unspecified atom stereocenters. The third-order valence-corrected chi connectivity index (χ3v) is 4.12. The summed E-state index contributed by atoms with van der Waals surface area (Å²) < 4.78 is 5.44. The number of hydrogen-bond acceptors (Lipinski definition) is 3. The van der Waals surface area contributed by atoms with Gasteiger partial charge in [-0.25, -0.2) is 4.98 Å². The first kappa shape index (κ1) is 15.3. The summed E-state index contributed by atoms with van der Waals surface area (Å²) in [6.45, 7) is 7.08. The number of rotatable bonds is 4. The number of aryl methyl sites for hydroxylation is 3. The second-order valence-electron chi connectivity index (χ2n) is 5.95. The molecule has 118 valence electrons. The second-order valence-corrected chi connectivity index (χ2v) is 5.95. The zero-order valence-corrected chi connectivity index (χ0v) is 14.1. The van der Waals surface area contributed by atoms with E-state index >= 15 is 0 Å². The van der Waals surface area contributed by atoms with Gasteiger partial charge in [-0.05, 0) is 44.0 Å². The van der Waals surface area contributed by atoms with Crippen LogP contribution in [0.25, 0.3) is 10.9 Å². The molecule has 0 saturated heterocycles. The molecule has 0 aliphatic heterocycles. The van der Waals surface area contributed by atoms with Crippen molar-refractivity contribution in [3.8, 4) is 5.75 Å². The fourth-order valence-electron chi connectivity index (χ4n) is 2.84. The van der Waals surface area contributed by atoms with Gasteiger partial charge in [-0.1, -0.05) is 35.9 Å². The van der Waals surface area contributed by atoms with Crippen LogP contribution in [-0.4, -0.2) is 12.1 Å². The maximum atomic E-state index is 5.44. The number of anilines is 1. The zero-order chi connectivity index (χ0) is 16.4. The van der Waals surface area contributed by atoms with Gasteiger partial charge in [-0.2, -0.15) is 0 Å². The Morgan fingerprint density at radius 2 is 1.87 bits per heavy atom. The molecule has 3 heteroatoms. The Bertz CT molecular complexity index is 856. The topological polar surface area (TPSA) is 34.1 Å². The van der Waals surface area contributed by atoms with Crippen LogP contribution in [-0.2, 0) is 6.54 Å². The van der Waals surface area contributed by atoms with Crippen molar-refractivity contribution < 1.29 is 4.74 Å². The highest BCUT2D eigenvalue weighted by Crippen LogP contribution is 2.30. The number of pyridine rings is 1. The molecule has 0 aliphatic rings. The highest BCUT2D eigenvalue weighted by atomic mass is 16.5. The molecule has 0 amide bonds. The van der Waals surface area contributed by atoms with Crippen LogP contribution >= 0.6 is 0 Å². The van der Waals surface area contributed by atoms with Crippen molar-refractivity contribution in [3.63, 3.8) is 0 Å². The molecular formula is C20H22N2O. The van der Waals surface area contributed by atoms with E-state index in [1.165, 1.54) is 16.7 Å². The Morgan fingerprint density at radius 1 is 1.04 bits per heavy atom. The van der Waals surface area contributed by atoms with Crippen LogP contribution in [0.4, 0.5) is 5.69 Å². The van der Waals surface area contributed by atoms with Crippen LogP contribution in [0.3, 0.4) is 0 Å². The number of benzene rings is 2. The van der Waals surface area contributed by atoms with Gasteiger partial charge in [0.25, 0.3) is 0 Å². The minimum Gasteiger partial charge on any atom is -0.494 e. The van der Waals surface area contributed by atoms with E-state index in [1.54, 1.807) is 7.11 Å². The van der Waals surface area contributed by atoms with E-state index in [-0.39, 0.29) is 0 Å². The summed E-state index contributed by atoms with van der Waals surface area (Å²) in [7, 11) is 1.68. The van der Waals surface area contributed by atoms with Gasteiger partial charge in [0.15, 0.2) is 0 Å². The molecule has 0 aliphatic carbocycles. The van der Waals surface area contributed by atoms with Gasteiger partial charge in [-0.3, -0.25) is 0 Å². The monoisotopic (exact) mass is 306 g/mol. The predicted octanol–water partition coefficient (Wildman–Crippen LogP) is 4.78. The van der Waals surface area contributed by atoms with Gasteiger partial charge < -0.3 is 10.1 Å². The molecule has 2 aromatic carbocycles. The van der Waals surface area contributed by atoms with E-state index in [2.05, 4.69) is 54.5 Å². The number of para-hydroxylation sites is 1. The predicted molar refractivity (Wildman–Crippen MR) is 96.3 cm³/mol. The van der Waals surface area contributed by atoms with Gasteiger partial charge in [0.1, 0.15) is 11.3 Å². The Balaban J connectivity index is 1.98. The number of nitrogens with one attached hydrogen (secondary N) is 1. The average Bonchev–Trinajstić information content (AvgIpc) is 2.54. The van der Waals surface area contributed by atoms with Crippen molar-refractivity contribution in [2.75, 3.05) is 12.4 Å². The third kappa shape index (κ3) is 3.14. The number of ether oxygens (including phenoxy) is 1. The van der Waals surface area contributed by atoms with Crippen LogP contribution < -0.4 is 10.1 Å². The molecule has 23 heavy (non-hydrogen) atoms. The molecule has 1 aromatic heterocycles. The molecule has 0 saturated carbocycles. The maximum Gasteiger partial charge on any atom is 0.145 e. The summed E-state index contributed by atoms with van der Waals surface area (Å²) in [4.78, 5) is 4.63. The first-order valence-electron chi connectivity index (χ1n) is 7.83. The normalized spacial score (nSPS) is 10.8. The third-order valence-electron chi connectivity index (χ3n) is 4.12. The van der Waals surface area contributed by atoms with E-state index in [0.29, 0.717) is 0 Å². The molecule has 3 aromatic rings. The van der Waals surface area contributed by atoms with E-state index in [4.69, 9.17) is 4.74 Å². The minimum absolute atomic E-state index is 0.795. The van der Waals surface area contributed by atoms with Gasteiger partial charge in [-0.15, -0.1) is 0 Å². The summed E-state index contributed by atoms with van der Waals surface area (Å²) >= 11 is 0. The van der Waals surface area contributed by atoms with Crippen molar-refractivity contribution in [1.29, 1.82) is 0 Å². The van der Waals surface area contributed by atoms with Crippen molar-refractivity contribution in [2.24, 2.45) is 0 Å². The van der Waals surface area contributed by atoms with E-state index < -0.39 is 0 Å². The van der Waals surface area contributed by atoms with Gasteiger partial charge >= 0.3 is 0 Å². The van der Waals surface area contributed by atoms with Crippen LogP contribution in [0.15, 0.2) is 42.5 Å². The Labute approximate surface area is 137 Å². The lowest BCUT2D eigenvalue weighted by Gasteiger charge is -2.14. The number of hydrogen-bond donors (Lipinski definition) is 1. The van der Waals surface area contributed by atoms with Crippen LogP contribution in [0.2, 0.25) is 0 Å². The molecule has 0 bridgehead atoms. The Hall–Kier alpha value is -2.55. The molecule has 0 radical (unpaired) electrons. The fraction of sp³-hybridized carbons (Fsp3) is 0.250. The number of aromatic nitrogens is 1. The van der Waals surface area contributed by atoms with E-state index in [9.17, 15) is 0 Å². The van der Waals surface area contributed by atoms with Crippen molar-refractivity contribution in [1.82, 2.24) is 4.98 Å². The first-order valence-corrected chi connectivity index (χ1v) is 7.83. The molecule has 3 nitrogen and oxygen atoms in total. The number of nitrogens with zero attached hydrogens (tertiary/aromatic N) is 1. The Morgan fingerprint density at radius 3 is 2.65 bits per heavy atom. The van der Waals surface area contributed by atoms with Gasteiger partial charge in [0.2, 0.25) is 0 Å². The summed E-state index contributed by atoms with van der Waals surface area (Å²) in [5.41, 5.74) is 6.87. The summed E-state index contributed by atoms with van der Waals surface area (Å²) in [6.07, 6.45) is 0. The highest BCUT2D eigenvalue weighted by molar-refractivity contribution is 5.95. The van der Waals surface area contributed by atoms with Crippen LogP contribution in [0, 0.1) is 20.8 Å². The maximum absolute atomic E-state index is 5.44. The first-order chi connectivity index (χ1) is 11.1. The van der Waals surface area contributed by atoms with Crippen LogP contribution in [0.5, 0.6) is 5.75 Å². The molecular weight excluding hydrogens is 284 g/mol. The lowest BCUT2D eigenvalue weighted by molar-refractivity contribution is 0.419. The zero-order valence-electron chi connectivity index (χ0n) is 14.1. The van der Waals surface area contributed by atoms with Crippen molar-refractivity contribution in [3.05, 3.63) is 64.8 Å². The number of fused-ring (bicyclic) bond motifs is 1. The van der Waals surface area contributed by atoms with Crippen molar-refractivity contribution in [2.45, 2.75) is 27.3 Å². The lowest BCUT2D eigenvalue weighted by atomic mass is 10.1. The van der Waals surface area contributed by atoms with Gasteiger partial charge in [0, 0.05) is 23.3 Å². The molecule has 1 N–H and O–H groups in total. The van der Waals surface area contributed by atoms with Crippen LogP contribution in [0.1, 0.15) is 22.4 Å². The standard InChI is InChI=1S/C20H22N2O/c1-13-8-9-14(2)16(10-13)12-21-18-11-15(3)22-20-17(18)6-5-7-19(20)23-4/h5-11H,12H2,1-4H3,(H,21,22). The second kappa shape index (κ2) is 6.29. The highest BCUT2D eigenvalue weighted by Gasteiger charge is 2.09. The van der Waals surface area contributed by atoms with Gasteiger partial charge in [0.05, 0.1) is 7.11 Å². The fourth-order valence-corrected chi connectivity index (χ4v) is 2.84. The van der Waals surface area contributed by atoms with E-state index in [0.717, 1.165) is 34.6 Å². The molecule has 1 heterocycles. The quantitative estimate of drug-likeness (QED) is 0.753. The minimum atomic E-state index is 0.795. The summed E-state index contributed by atoms with van der Waals surface area (Å²) in [5, 5.41) is 4.65. The molecule has 0 atom stereocenters. The molecule has 0 fully saturated rings. The lowest BCUT2D eigenvalue weighted by Crippen LogP contribution is -2.03. The summed E-state index contributed by atoms with van der Waals surface area (Å²) in [5.74, 6) is 0.806. The van der Waals surface area contributed by atoms with Crippen molar-refractivity contribution >= 4 is 16.6 Å². The molecule has 0 spiro atoms. The molecule has 3 rings (SSSR count). The SMILES string of the molecule is COc1cccc2c(NCc3cc(C)ccc3C)cc(C)nc12. The smallest absolute Gasteiger partial charge is 0.145 e. The average molecular weight is 306 g/mol. The summed E-state index contributed by atoms with van der Waals surface area (Å²) in [6, 6.07) is 14.7. The largest absolute Gasteiger partial charge is 0.494 e.